The van der Waals surface area contributed by atoms with Gasteiger partial charge in [-0.3, -0.25) is 4.79 Å². The van der Waals surface area contributed by atoms with Crippen LogP contribution in [0, 0.1) is 6.92 Å². The fourth-order valence-electron chi connectivity index (χ4n) is 2.46. The first-order chi connectivity index (χ1) is 11.8. The Morgan fingerprint density at radius 2 is 1.84 bits per heavy atom. The summed E-state index contributed by atoms with van der Waals surface area (Å²) in [5, 5.41) is 1.24. The summed E-state index contributed by atoms with van der Waals surface area (Å²) in [5.74, 6) is 0. The van der Waals surface area contributed by atoms with E-state index >= 15 is 0 Å². The molecule has 0 fully saturated rings. The van der Waals surface area contributed by atoms with Gasteiger partial charge in [-0.2, -0.15) is 0 Å². The Bertz CT molecular complexity index is 1120. The number of halogens is 2. The lowest BCUT2D eigenvalue weighted by Gasteiger charge is -2.09. The van der Waals surface area contributed by atoms with Crippen LogP contribution in [0.25, 0.3) is 10.9 Å². The van der Waals surface area contributed by atoms with Crippen molar-refractivity contribution in [3.63, 3.8) is 0 Å². The Kier molecular flexibility index (Phi) is 4.88. The van der Waals surface area contributed by atoms with Gasteiger partial charge in [0, 0.05) is 12.1 Å². The lowest BCUT2D eigenvalue weighted by atomic mass is 10.1. The number of aromatic nitrogens is 1. The first kappa shape index (κ1) is 17.9. The van der Waals surface area contributed by atoms with Crippen LogP contribution in [0.4, 0.5) is 0 Å². The maximum atomic E-state index is 12.4. The Hall–Kier alpha value is -1.86. The summed E-state index contributed by atoms with van der Waals surface area (Å²) in [4.78, 5) is 15.0. The molecule has 0 unspecified atom stereocenters. The molecular formula is C17H14Cl2N2O3S. The van der Waals surface area contributed by atoms with Gasteiger partial charge in [0.2, 0.25) is 10.0 Å². The number of aromatic amines is 1. The molecule has 25 heavy (non-hydrogen) atoms. The van der Waals surface area contributed by atoms with Crippen molar-refractivity contribution >= 4 is 44.1 Å². The van der Waals surface area contributed by atoms with E-state index in [0.29, 0.717) is 5.56 Å². The molecule has 1 heterocycles. The molecular weight excluding hydrogens is 383 g/mol. The minimum Gasteiger partial charge on any atom is -0.321 e. The topological polar surface area (TPSA) is 79.0 Å². The number of nitrogens with one attached hydrogen (secondary N) is 2. The smallest absolute Gasteiger partial charge is 0.252 e. The number of para-hydroxylation sites is 1. The molecule has 1 aromatic heterocycles. The minimum absolute atomic E-state index is 0.0186. The summed E-state index contributed by atoms with van der Waals surface area (Å²) in [7, 11) is -3.82. The molecule has 0 bridgehead atoms. The van der Waals surface area contributed by atoms with Crippen LogP contribution in [0.15, 0.2) is 52.2 Å². The molecule has 0 amide bonds. The van der Waals surface area contributed by atoms with Crippen molar-refractivity contribution in [3.8, 4) is 0 Å². The highest BCUT2D eigenvalue weighted by molar-refractivity contribution is 7.89. The van der Waals surface area contributed by atoms with Gasteiger partial charge < -0.3 is 4.98 Å². The van der Waals surface area contributed by atoms with E-state index in [4.69, 9.17) is 23.2 Å². The van der Waals surface area contributed by atoms with Gasteiger partial charge in [-0.25, -0.2) is 13.1 Å². The quantitative estimate of drug-likeness (QED) is 0.706. The van der Waals surface area contributed by atoms with E-state index in [1.807, 2.05) is 25.1 Å². The summed E-state index contributed by atoms with van der Waals surface area (Å²) in [6.07, 6.45) is 0. The maximum Gasteiger partial charge on any atom is 0.252 e. The van der Waals surface area contributed by atoms with Crippen molar-refractivity contribution in [3.05, 3.63) is 74.0 Å². The van der Waals surface area contributed by atoms with Gasteiger partial charge >= 0.3 is 0 Å². The Morgan fingerprint density at radius 3 is 2.56 bits per heavy atom. The Morgan fingerprint density at radius 1 is 1.08 bits per heavy atom. The molecule has 0 radical (unpaired) electrons. The van der Waals surface area contributed by atoms with E-state index in [2.05, 4.69) is 9.71 Å². The van der Waals surface area contributed by atoms with Crippen molar-refractivity contribution in [1.29, 1.82) is 0 Å². The van der Waals surface area contributed by atoms with E-state index in [0.717, 1.165) is 16.5 Å². The van der Waals surface area contributed by atoms with E-state index in [1.54, 1.807) is 6.07 Å². The van der Waals surface area contributed by atoms with Crippen LogP contribution in [0.2, 0.25) is 10.0 Å². The third-order valence-electron chi connectivity index (χ3n) is 3.82. The zero-order valence-corrected chi connectivity index (χ0v) is 15.5. The molecule has 2 aromatic carbocycles. The SMILES string of the molecule is Cc1cccc2cc(CNS(=O)(=O)c3ccc(Cl)c(Cl)c3)c(=O)[nH]c12. The van der Waals surface area contributed by atoms with Crippen LogP contribution >= 0.6 is 23.2 Å². The van der Waals surface area contributed by atoms with Crippen molar-refractivity contribution < 1.29 is 8.42 Å². The minimum atomic E-state index is -3.82. The lowest BCUT2D eigenvalue weighted by Crippen LogP contribution is -2.27. The van der Waals surface area contributed by atoms with Gasteiger partial charge in [0.15, 0.2) is 0 Å². The first-order valence-electron chi connectivity index (χ1n) is 7.34. The van der Waals surface area contributed by atoms with Gasteiger partial charge in [0.05, 0.1) is 20.5 Å². The number of sulfonamides is 1. The maximum absolute atomic E-state index is 12.4. The largest absolute Gasteiger partial charge is 0.321 e. The summed E-state index contributed by atoms with van der Waals surface area (Å²) < 4.78 is 27.2. The highest BCUT2D eigenvalue weighted by Gasteiger charge is 2.16. The summed E-state index contributed by atoms with van der Waals surface area (Å²) in [5.41, 5.74) is 1.67. The van der Waals surface area contributed by atoms with Crippen molar-refractivity contribution in [2.45, 2.75) is 18.4 Å². The Labute approximate surface area is 154 Å². The standard InChI is InChI=1S/C17H14Cl2N2O3S/c1-10-3-2-4-11-7-12(17(22)21-16(10)11)9-20-25(23,24)13-5-6-14(18)15(19)8-13/h2-8,20H,9H2,1H3,(H,21,22). The van der Waals surface area contributed by atoms with Crippen LogP contribution in [0.5, 0.6) is 0 Å². The number of hydrogen-bond donors (Lipinski definition) is 2. The van der Waals surface area contributed by atoms with Gasteiger partial charge in [-0.15, -0.1) is 0 Å². The molecule has 8 heteroatoms. The predicted octanol–water partition coefficient (Wildman–Crippen LogP) is 3.62. The third kappa shape index (κ3) is 3.72. The average Bonchev–Trinajstić information content (AvgIpc) is 2.56. The fourth-order valence-corrected chi connectivity index (χ4v) is 3.86. The number of aryl methyl sites for hydroxylation is 1. The van der Waals surface area contributed by atoms with Crippen LogP contribution in [-0.4, -0.2) is 13.4 Å². The van der Waals surface area contributed by atoms with Crippen LogP contribution < -0.4 is 10.3 Å². The van der Waals surface area contributed by atoms with Crippen LogP contribution in [0.1, 0.15) is 11.1 Å². The first-order valence-corrected chi connectivity index (χ1v) is 9.58. The molecule has 0 aliphatic rings. The fraction of sp³-hybridized carbons (Fsp3) is 0.118. The van der Waals surface area contributed by atoms with E-state index in [1.165, 1.54) is 18.2 Å². The summed E-state index contributed by atoms with van der Waals surface area (Å²) >= 11 is 11.7. The van der Waals surface area contributed by atoms with Gasteiger partial charge in [-0.05, 0) is 42.1 Å². The lowest BCUT2D eigenvalue weighted by molar-refractivity contribution is 0.581. The van der Waals surface area contributed by atoms with Crippen LogP contribution in [0.3, 0.4) is 0 Å². The predicted molar refractivity (Wildman–Crippen MR) is 99.8 cm³/mol. The molecule has 0 aliphatic carbocycles. The number of rotatable bonds is 4. The summed E-state index contributed by atoms with van der Waals surface area (Å²) in [6, 6.07) is 11.3. The molecule has 130 valence electrons. The number of fused-ring (bicyclic) bond motifs is 1. The van der Waals surface area contributed by atoms with E-state index < -0.39 is 10.0 Å². The molecule has 0 saturated carbocycles. The van der Waals surface area contributed by atoms with Gasteiger partial charge in [-0.1, -0.05) is 41.4 Å². The highest BCUT2D eigenvalue weighted by atomic mass is 35.5. The van der Waals surface area contributed by atoms with Crippen molar-refractivity contribution in [2.24, 2.45) is 0 Å². The monoisotopic (exact) mass is 396 g/mol. The molecule has 2 N–H and O–H groups in total. The zero-order chi connectivity index (χ0) is 18.2. The van der Waals surface area contributed by atoms with Crippen molar-refractivity contribution in [1.82, 2.24) is 9.71 Å². The highest BCUT2D eigenvalue weighted by Crippen LogP contribution is 2.24. The molecule has 0 atom stereocenters. The molecule has 0 spiro atoms. The normalized spacial score (nSPS) is 11.8. The average molecular weight is 397 g/mol. The second kappa shape index (κ2) is 6.80. The van der Waals surface area contributed by atoms with E-state index in [-0.39, 0.29) is 27.0 Å². The number of pyridine rings is 1. The zero-order valence-electron chi connectivity index (χ0n) is 13.1. The second-order valence-corrected chi connectivity index (χ2v) is 8.14. The number of hydrogen-bond acceptors (Lipinski definition) is 3. The van der Waals surface area contributed by atoms with E-state index in [9.17, 15) is 13.2 Å². The molecule has 3 rings (SSSR count). The van der Waals surface area contributed by atoms with Gasteiger partial charge in [0.1, 0.15) is 0 Å². The molecule has 0 saturated heterocycles. The summed E-state index contributed by atoms with van der Waals surface area (Å²) in [6.45, 7) is 1.76. The van der Waals surface area contributed by atoms with Gasteiger partial charge in [0.25, 0.3) is 5.56 Å². The van der Waals surface area contributed by atoms with Crippen LogP contribution in [-0.2, 0) is 16.6 Å². The third-order valence-corrected chi connectivity index (χ3v) is 5.96. The molecule has 0 aliphatic heterocycles. The molecule has 3 aromatic rings. The van der Waals surface area contributed by atoms with Crippen molar-refractivity contribution in [2.75, 3.05) is 0 Å². The Balaban J connectivity index is 1.90. The molecule has 5 nitrogen and oxygen atoms in total. The number of benzene rings is 2. The second-order valence-electron chi connectivity index (χ2n) is 5.56. The number of H-pyrrole nitrogens is 1.